The number of thioether (sulfide) groups is 1. The predicted octanol–water partition coefficient (Wildman–Crippen LogP) is -1.65. The summed E-state index contributed by atoms with van der Waals surface area (Å²) in [6.45, 7) is 0. The van der Waals surface area contributed by atoms with Gasteiger partial charge in [0.25, 0.3) is 0 Å². The maximum atomic E-state index is 12.6. The highest BCUT2D eigenvalue weighted by atomic mass is 32.2. The molecule has 11 nitrogen and oxygen atoms in total. The number of amides is 3. The van der Waals surface area contributed by atoms with Crippen LogP contribution < -0.4 is 22.1 Å². The summed E-state index contributed by atoms with van der Waals surface area (Å²) >= 11 is 1.46. The van der Waals surface area contributed by atoms with Crippen molar-refractivity contribution in [1.29, 1.82) is 0 Å². The molecule has 0 fully saturated rings. The van der Waals surface area contributed by atoms with Gasteiger partial charge in [-0.3, -0.25) is 14.4 Å². The second kappa shape index (κ2) is 12.0. The lowest BCUT2D eigenvalue weighted by Crippen LogP contribution is -2.55. The van der Waals surface area contributed by atoms with Gasteiger partial charge in [0, 0.05) is 24.7 Å². The van der Waals surface area contributed by atoms with E-state index in [0.29, 0.717) is 11.4 Å². The number of rotatable bonds is 13. The molecule has 156 valence electrons. The van der Waals surface area contributed by atoms with Crippen LogP contribution in [0.3, 0.4) is 0 Å². The summed E-state index contributed by atoms with van der Waals surface area (Å²) in [5, 5.41) is 14.2. The molecule has 0 saturated heterocycles. The number of aromatic nitrogens is 2. The number of imidazole rings is 1. The number of aromatic amines is 1. The molecule has 12 heteroatoms. The number of carboxylic acids is 1. The van der Waals surface area contributed by atoms with E-state index in [0.717, 1.165) is 0 Å². The summed E-state index contributed by atoms with van der Waals surface area (Å²) in [5.41, 5.74) is 11.4. The van der Waals surface area contributed by atoms with Gasteiger partial charge in [-0.2, -0.15) is 11.8 Å². The molecule has 0 aliphatic heterocycles. The standard InChI is InChI=1S/C16H26N6O5S/c1-28-5-4-11(16(26)27)21-15(25)12(6-9-7-19-8-20-9)22-14(24)10(17)2-3-13(18)23/h7-8,10-12H,2-6,17H2,1H3,(H2,18,23)(H,19,20)(H,21,25)(H,22,24)(H,26,27)/t10-,11-,12-/m0/s1. The SMILES string of the molecule is CSCC[C@H](NC(=O)[C@H](Cc1cnc[nH]1)NC(=O)[C@@H](N)CCC(N)=O)C(=O)O. The van der Waals surface area contributed by atoms with Gasteiger partial charge in [-0.1, -0.05) is 0 Å². The Balaban J connectivity index is 2.82. The highest BCUT2D eigenvalue weighted by molar-refractivity contribution is 7.98. The Hall–Kier alpha value is -2.60. The van der Waals surface area contributed by atoms with Crippen molar-refractivity contribution in [2.24, 2.45) is 11.5 Å². The van der Waals surface area contributed by atoms with Gasteiger partial charge in [-0.25, -0.2) is 9.78 Å². The average Bonchev–Trinajstić information content (AvgIpc) is 3.15. The normalized spacial score (nSPS) is 13.9. The average molecular weight is 414 g/mol. The fourth-order valence-corrected chi connectivity index (χ4v) is 2.77. The third-order valence-electron chi connectivity index (χ3n) is 3.88. The molecule has 0 radical (unpaired) electrons. The van der Waals surface area contributed by atoms with Crippen molar-refractivity contribution in [2.75, 3.05) is 12.0 Å². The van der Waals surface area contributed by atoms with Crippen molar-refractivity contribution < 1.29 is 24.3 Å². The summed E-state index contributed by atoms with van der Waals surface area (Å²) in [5.74, 6) is -2.50. The van der Waals surface area contributed by atoms with Gasteiger partial charge in [-0.15, -0.1) is 0 Å². The Bertz CT molecular complexity index is 668. The van der Waals surface area contributed by atoms with Gasteiger partial charge in [0.2, 0.25) is 17.7 Å². The number of hydrogen-bond acceptors (Lipinski definition) is 7. The van der Waals surface area contributed by atoms with Gasteiger partial charge in [0.1, 0.15) is 12.1 Å². The molecule has 0 aliphatic carbocycles. The minimum Gasteiger partial charge on any atom is -0.480 e. The van der Waals surface area contributed by atoms with E-state index in [4.69, 9.17) is 11.5 Å². The largest absolute Gasteiger partial charge is 0.480 e. The molecular formula is C16H26N6O5S. The summed E-state index contributed by atoms with van der Waals surface area (Å²) in [4.78, 5) is 53.8. The molecule has 1 aromatic heterocycles. The molecule has 1 rings (SSSR count). The molecule has 3 amide bonds. The van der Waals surface area contributed by atoms with E-state index in [9.17, 15) is 24.3 Å². The van der Waals surface area contributed by atoms with Gasteiger partial charge < -0.3 is 32.2 Å². The topological polar surface area (TPSA) is 193 Å². The molecule has 0 bridgehead atoms. The van der Waals surface area contributed by atoms with Crippen LogP contribution in [0.15, 0.2) is 12.5 Å². The van der Waals surface area contributed by atoms with Crippen LogP contribution >= 0.6 is 11.8 Å². The number of nitrogens with one attached hydrogen (secondary N) is 3. The summed E-state index contributed by atoms with van der Waals surface area (Å²) in [6, 6.07) is -3.18. The lowest BCUT2D eigenvalue weighted by molar-refractivity contribution is -0.142. The van der Waals surface area contributed by atoms with Crippen LogP contribution in [0.5, 0.6) is 0 Å². The first-order valence-electron chi connectivity index (χ1n) is 8.58. The molecule has 28 heavy (non-hydrogen) atoms. The maximum absolute atomic E-state index is 12.6. The quantitative estimate of drug-likeness (QED) is 0.221. The van der Waals surface area contributed by atoms with Gasteiger partial charge in [0.15, 0.2) is 0 Å². The van der Waals surface area contributed by atoms with Crippen molar-refractivity contribution >= 4 is 35.5 Å². The first kappa shape index (κ1) is 23.4. The Morgan fingerprint density at radius 3 is 2.43 bits per heavy atom. The fourth-order valence-electron chi connectivity index (χ4n) is 2.30. The van der Waals surface area contributed by atoms with E-state index < -0.39 is 41.8 Å². The van der Waals surface area contributed by atoms with E-state index in [-0.39, 0.29) is 25.7 Å². The fraction of sp³-hybridized carbons (Fsp3) is 0.562. The monoisotopic (exact) mass is 414 g/mol. The smallest absolute Gasteiger partial charge is 0.326 e. The van der Waals surface area contributed by atoms with E-state index in [1.807, 2.05) is 6.26 Å². The molecule has 3 atom stereocenters. The molecule has 1 aromatic rings. The zero-order valence-electron chi connectivity index (χ0n) is 15.5. The van der Waals surface area contributed by atoms with E-state index >= 15 is 0 Å². The first-order chi connectivity index (χ1) is 13.2. The minimum absolute atomic E-state index is 0.0328. The lowest BCUT2D eigenvalue weighted by atomic mass is 10.1. The number of carbonyl (C=O) groups excluding carboxylic acids is 3. The number of primary amides is 1. The first-order valence-corrected chi connectivity index (χ1v) is 9.97. The Labute approximate surface area is 166 Å². The van der Waals surface area contributed by atoms with Crippen molar-refractivity contribution in [1.82, 2.24) is 20.6 Å². The van der Waals surface area contributed by atoms with Crippen LogP contribution in [0.1, 0.15) is 25.0 Å². The van der Waals surface area contributed by atoms with Crippen LogP contribution in [0.4, 0.5) is 0 Å². The molecule has 0 saturated carbocycles. The highest BCUT2D eigenvalue weighted by Gasteiger charge is 2.28. The zero-order chi connectivity index (χ0) is 21.1. The highest BCUT2D eigenvalue weighted by Crippen LogP contribution is 2.05. The summed E-state index contributed by atoms with van der Waals surface area (Å²) in [7, 11) is 0. The van der Waals surface area contributed by atoms with Crippen molar-refractivity contribution in [3.05, 3.63) is 18.2 Å². The van der Waals surface area contributed by atoms with Crippen molar-refractivity contribution in [2.45, 2.75) is 43.8 Å². The molecule has 0 aliphatic rings. The van der Waals surface area contributed by atoms with Crippen molar-refractivity contribution in [3.63, 3.8) is 0 Å². The number of nitrogens with zero attached hydrogens (tertiary/aromatic N) is 1. The number of carbonyl (C=O) groups is 4. The van der Waals surface area contributed by atoms with Crippen LogP contribution in [0.2, 0.25) is 0 Å². The third kappa shape index (κ3) is 8.39. The van der Waals surface area contributed by atoms with Gasteiger partial charge in [-0.05, 0) is 24.9 Å². The minimum atomic E-state index is -1.16. The molecule has 0 unspecified atom stereocenters. The van der Waals surface area contributed by atoms with Gasteiger partial charge in [0.05, 0.1) is 12.4 Å². The van der Waals surface area contributed by atoms with Gasteiger partial charge >= 0.3 is 5.97 Å². The number of H-pyrrole nitrogens is 1. The lowest BCUT2D eigenvalue weighted by Gasteiger charge is -2.22. The Morgan fingerprint density at radius 1 is 1.21 bits per heavy atom. The Morgan fingerprint density at radius 2 is 1.89 bits per heavy atom. The second-order valence-electron chi connectivity index (χ2n) is 6.13. The third-order valence-corrected chi connectivity index (χ3v) is 4.52. The van der Waals surface area contributed by atoms with Crippen LogP contribution in [-0.4, -0.2) is 68.9 Å². The van der Waals surface area contributed by atoms with E-state index in [1.54, 1.807) is 0 Å². The zero-order valence-corrected chi connectivity index (χ0v) is 16.3. The van der Waals surface area contributed by atoms with Crippen LogP contribution in [-0.2, 0) is 25.6 Å². The summed E-state index contributed by atoms with van der Waals surface area (Å²) in [6.07, 6.45) is 5.01. The van der Waals surface area contributed by atoms with E-state index in [1.165, 1.54) is 24.3 Å². The Kier molecular flexibility index (Phi) is 10.0. The molecule has 8 N–H and O–H groups in total. The van der Waals surface area contributed by atoms with E-state index in [2.05, 4.69) is 20.6 Å². The van der Waals surface area contributed by atoms with Crippen LogP contribution in [0, 0.1) is 0 Å². The number of nitrogens with two attached hydrogens (primary N) is 2. The number of carboxylic acid groups (broad SMARTS) is 1. The molecule has 1 heterocycles. The molecule has 0 spiro atoms. The van der Waals surface area contributed by atoms with Crippen LogP contribution in [0.25, 0.3) is 0 Å². The molecular weight excluding hydrogens is 388 g/mol. The maximum Gasteiger partial charge on any atom is 0.326 e. The predicted molar refractivity (Wildman–Crippen MR) is 103 cm³/mol. The molecule has 0 aromatic carbocycles. The number of aliphatic carboxylic acids is 1. The summed E-state index contributed by atoms with van der Waals surface area (Å²) < 4.78 is 0. The second-order valence-corrected chi connectivity index (χ2v) is 7.12. The van der Waals surface area contributed by atoms with Crippen molar-refractivity contribution in [3.8, 4) is 0 Å². The number of hydrogen-bond donors (Lipinski definition) is 6.